The first-order valence-corrected chi connectivity index (χ1v) is 8.89. The largest absolute Gasteiger partial charge is 0.326 e. The van der Waals surface area contributed by atoms with E-state index in [-0.39, 0.29) is 10.8 Å². The summed E-state index contributed by atoms with van der Waals surface area (Å²) in [6.07, 6.45) is 5.64. The normalized spacial score (nSPS) is 27.8. The number of fused-ring (bicyclic) bond motifs is 2. The molecular weight excluding hydrogens is 288 g/mol. The number of amides is 1. The van der Waals surface area contributed by atoms with Crippen LogP contribution in [0.15, 0.2) is 29.2 Å². The number of carbonyl (C=O) groups excluding carboxylic acids is 1. The first-order valence-electron chi connectivity index (χ1n) is 7.34. The zero-order valence-corrected chi connectivity index (χ0v) is 12.6. The number of anilines is 1. The van der Waals surface area contributed by atoms with Crippen LogP contribution in [-0.2, 0) is 14.8 Å². The van der Waals surface area contributed by atoms with Gasteiger partial charge in [-0.3, -0.25) is 4.79 Å². The van der Waals surface area contributed by atoms with Crippen molar-refractivity contribution in [1.82, 2.24) is 0 Å². The van der Waals surface area contributed by atoms with Gasteiger partial charge in [-0.15, -0.1) is 0 Å². The van der Waals surface area contributed by atoms with Gasteiger partial charge in [0.15, 0.2) is 0 Å². The van der Waals surface area contributed by atoms with Crippen molar-refractivity contribution in [2.75, 3.05) is 5.32 Å². The van der Waals surface area contributed by atoms with Crippen molar-refractivity contribution < 1.29 is 13.2 Å². The summed E-state index contributed by atoms with van der Waals surface area (Å²) in [4.78, 5) is 12.1. The molecule has 0 unspecified atom stereocenters. The molecule has 1 aromatic carbocycles. The van der Waals surface area contributed by atoms with Crippen LogP contribution in [0.25, 0.3) is 0 Å². The van der Waals surface area contributed by atoms with Gasteiger partial charge in [-0.2, -0.15) is 0 Å². The summed E-state index contributed by atoms with van der Waals surface area (Å²) in [6.45, 7) is 0. The van der Waals surface area contributed by atoms with Crippen molar-refractivity contribution >= 4 is 21.6 Å². The fraction of sp³-hybridized carbons (Fsp3) is 0.533. The van der Waals surface area contributed by atoms with Crippen LogP contribution in [0.1, 0.15) is 32.1 Å². The molecule has 3 atom stereocenters. The Balaban J connectivity index is 1.57. The maximum absolute atomic E-state index is 12.1. The van der Waals surface area contributed by atoms with Gasteiger partial charge in [0, 0.05) is 12.1 Å². The SMILES string of the molecule is NS(=O)(=O)c1ccc(NC(=O)C[C@@H]2C[C@@H]3CC[C@@H]2C3)cc1. The highest BCUT2D eigenvalue weighted by atomic mass is 32.2. The molecule has 2 bridgehead atoms. The Labute approximate surface area is 125 Å². The number of benzene rings is 1. The molecule has 0 spiro atoms. The maximum atomic E-state index is 12.1. The number of sulfonamides is 1. The van der Waals surface area contributed by atoms with Gasteiger partial charge in [0.2, 0.25) is 15.9 Å². The number of hydrogen-bond donors (Lipinski definition) is 2. The summed E-state index contributed by atoms with van der Waals surface area (Å²) < 4.78 is 22.3. The van der Waals surface area contributed by atoms with E-state index in [0.717, 1.165) is 11.8 Å². The van der Waals surface area contributed by atoms with Crippen molar-refractivity contribution in [3.05, 3.63) is 24.3 Å². The Bertz CT molecular complexity index is 639. The standard InChI is InChI=1S/C15H20N2O3S/c16-21(19,20)14-5-3-13(4-6-14)17-15(18)9-12-8-10-1-2-11(12)7-10/h3-6,10-12H,1-2,7-9H2,(H,17,18)(H2,16,19,20)/t10-,11-,12+/m1/s1. The molecule has 0 aromatic heterocycles. The molecule has 6 heteroatoms. The van der Waals surface area contributed by atoms with Gasteiger partial charge in [-0.25, -0.2) is 13.6 Å². The Morgan fingerprint density at radius 2 is 1.90 bits per heavy atom. The van der Waals surface area contributed by atoms with Crippen LogP contribution >= 0.6 is 0 Å². The molecule has 2 aliphatic rings. The van der Waals surface area contributed by atoms with Gasteiger partial charge in [0.25, 0.3) is 0 Å². The average molecular weight is 308 g/mol. The summed E-state index contributed by atoms with van der Waals surface area (Å²) >= 11 is 0. The molecule has 2 aliphatic carbocycles. The number of nitrogens with one attached hydrogen (secondary N) is 1. The van der Waals surface area contributed by atoms with Crippen molar-refractivity contribution in [2.45, 2.75) is 37.0 Å². The van der Waals surface area contributed by atoms with Crippen LogP contribution in [0.2, 0.25) is 0 Å². The molecule has 2 saturated carbocycles. The van der Waals surface area contributed by atoms with Crippen molar-refractivity contribution in [1.29, 1.82) is 0 Å². The molecule has 0 radical (unpaired) electrons. The molecule has 1 amide bonds. The summed E-state index contributed by atoms with van der Waals surface area (Å²) in [6, 6.07) is 5.95. The minimum atomic E-state index is -3.69. The fourth-order valence-electron chi connectivity index (χ4n) is 3.80. The zero-order valence-electron chi connectivity index (χ0n) is 11.8. The molecular formula is C15H20N2O3S. The molecule has 3 rings (SSSR count). The maximum Gasteiger partial charge on any atom is 0.238 e. The third-order valence-electron chi connectivity index (χ3n) is 4.80. The predicted molar refractivity (Wildman–Crippen MR) is 80.0 cm³/mol. The fourth-order valence-corrected chi connectivity index (χ4v) is 4.32. The number of primary sulfonamides is 1. The monoisotopic (exact) mass is 308 g/mol. The smallest absolute Gasteiger partial charge is 0.238 e. The average Bonchev–Trinajstić information content (AvgIpc) is 3.00. The van der Waals surface area contributed by atoms with Gasteiger partial charge in [0.05, 0.1) is 4.90 Å². The Morgan fingerprint density at radius 1 is 1.19 bits per heavy atom. The number of rotatable bonds is 4. The lowest BCUT2D eigenvalue weighted by Crippen LogP contribution is -2.20. The van der Waals surface area contributed by atoms with E-state index in [0.29, 0.717) is 18.0 Å². The summed E-state index contributed by atoms with van der Waals surface area (Å²) in [5, 5.41) is 7.87. The number of nitrogens with two attached hydrogens (primary N) is 1. The molecule has 114 valence electrons. The second kappa shape index (κ2) is 5.42. The molecule has 21 heavy (non-hydrogen) atoms. The lowest BCUT2D eigenvalue weighted by atomic mass is 9.86. The van der Waals surface area contributed by atoms with E-state index >= 15 is 0 Å². The van der Waals surface area contributed by atoms with E-state index in [2.05, 4.69) is 5.32 Å². The van der Waals surface area contributed by atoms with Crippen LogP contribution in [0.4, 0.5) is 5.69 Å². The van der Waals surface area contributed by atoms with Crippen molar-refractivity contribution in [3.63, 3.8) is 0 Å². The zero-order chi connectivity index (χ0) is 15.0. The summed E-state index contributed by atoms with van der Waals surface area (Å²) in [5.74, 6) is 2.09. The molecule has 0 saturated heterocycles. The molecule has 5 nitrogen and oxygen atoms in total. The van der Waals surface area contributed by atoms with Gasteiger partial charge in [-0.1, -0.05) is 6.42 Å². The van der Waals surface area contributed by atoms with Crippen LogP contribution < -0.4 is 10.5 Å². The van der Waals surface area contributed by atoms with Crippen LogP contribution in [0, 0.1) is 17.8 Å². The summed E-state index contributed by atoms with van der Waals surface area (Å²) in [5.41, 5.74) is 0.607. The molecule has 2 fully saturated rings. The van der Waals surface area contributed by atoms with Crippen LogP contribution in [0.3, 0.4) is 0 Å². The van der Waals surface area contributed by atoms with E-state index < -0.39 is 10.0 Å². The first kappa shape index (κ1) is 14.5. The predicted octanol–water partition coefficient (Wildman–Crippen LogP) is 2.10. The Morgan fingerprint density at radius 3 is 2.43 bits per heavy atom. The molecule has 3 N–H and O–H groups in total. The lowest BCUT2D eigenvalue weighted by molar-refractivity contribution is -0.117. The highest BCUT2D eigenvalue weighted by Gasteiger charge is 2.40. The van der Waals surface area contributed by atoms with E-state index in [9.17, 15) is 13.2 Å². The third-order valence-corrected chi connectivity index (χ3v) is 5.73. The second-order valence-electron chi connectivity index (χ2n) is 6.26. The molecule has 0 aliphatic heterocycles. The first-order chi connectivity index (χ1) is 9.91. The van der Waals surface area contributed by atoms with Gasteiger partial charge in [0.1, 0.15) is 0 Å². The van der Waals surface area contributed by atoms with Gasteiger partial charge in [-0.05, 0) is 61.3 Å². The second-order valence-corrected chi connectivity index (χ2v) is 7.82. The van der Waals surface area contributed by atoms with Gasteiger partial charge >= 0.3 is 0 Å². The van der Waals surface area contributed by atoms with E-state index in [4.69, 9.17) is 5.14 Å². The highest BCUT2D eigenvalue weighted by Crippen LogP contribution is 2.49. The third kappa shape index (κ3) is 3.27. The topological polar surface area (TPSA) is 89.3 Å². The minimum Gasteiger partial charge on any atom is -0.326 e. The van der Waals surface area contributed by atoms with E-state index in [1.54, 1.807) is 12.1 Å². The Kier molecular flexibility index (Phi) is 3.75. The minimum absolute atomic E-state index is 0.0101. The molecule has 1 aromatic rings. The van der Waals surface area contributed by atoms with E-state index in [1.165, 1.54) is 37.8 Å². The molecule has 0 heterocycles. The Hall–Kier alpha value is -1.40. The number of hydrogen-bond acceptors (Lipinski definition) is 3. The van der Waals surface area contributed by atoms with Crippen molar-refractivity contribution in [3.8, 4) is 0 Å². The van der Waals surface area contributed by atoms with Gasteiger partial charge < -0.3 is 5.32 Å². The number of carbonyl (C=O) groups is 1. The lowest BCUT2D eigenvalue weighted by Gasteiger charge is -2.20. The summed E-state index contributed by atoms with van der Waals surface area (Å²) in [7, 11) is -3.69. The highest BCUT2D eigenvalue weighted by molar-refractivity contribution is 7.89. The quantitative estimate of drug-likeness (QED) is 0.892. The van der Waals surface area contributed by atoms with Crippen LogP contribution in [-0.4, -0.2) is 14.3 Å². The van der Waals surface area contributed by atoms with E-state index in [1.807, 2.05) is 0 Å². The van der Waals surface area contributed by atoms with Crippen molar-refractivity contribution in [2.24, 2.45) is 22.9 Å². The van der Waals surface area contributed by atoms with Crippen LogP contribution in [0.5, 0.6) is 0 Å².